The Morgan fingerprint density at radius 1 is 0.722 bits per heavy atom. The molecule has 1 aliphatic rings. The zero-order valence-electron chi connectivity index (χ0n) is 30.9. The van der Waals surface area contributed by atoms with Gasteiger partial charge in [0.15, 0.2) is 11.4 Å². The molecule has 7 nitrogen and oxygen atoms in total. The predicted octanol–water partition coefficient (Wildman–Crippen LogP) is 9.86. The lowest BCUT2D eigenvalue weighted by atomic mass is 9.84. The lowest BCUT2D eigenvalue weighted by Gasteiger charge is -2.44. The van der Waals surface area contributed by atoms with E-state index in [-0.39, 0.29) is 12.2 Å². The Kier molecular flexibility index (Phi) is 11.6. The van der Waals surface area contributed by atoms with Gasteiger partial charge in [-0.3, -0.25) is 4.90 Å². The maximum atomic E-state index is 14.5. The number of amides is 1. The van der Waals surface area contributed by atoms with Gasteiger partial charge in [0.25, 0.3) is 0 Å². The lowest BCUT2D eigenvalue weighted by molar-refractivity contribution is -0.277. The highest BCUT2D eigenvalue weighted by atomic mass is 19.4. The first-order valence-electron chi connectivity index (χ1n) is 18.2. The summed E-state index contributed by atoms with van der Waals surface area (Å²) in [5.74, 6) is 0.539. The van der Waals surface area contributed by atoms with Crippen LogP contribution >= 0.6 is 0 Å². The normalized spacial score (nSPS) is 17.5. The number of halogens is 3. The molecule has 1 saturated heterocycles. The molecule has 54 heavy (non-hydrogen) atoms. The van der Waals surface area contributed by atoms with Crippen LogP contribution in [0.25, 0.3) is 0 Å². The minimum Gasteiger partial charge on any atom is -0.444 e. The summed E-state index contributed by atoms with van der Waals surface area (Å²) < 4.78 is 49.1. The maximum Gasteiger partial charge on any atom is 0.417 e. The number of benzene rings is 4. The minimum absolute atomic E-state index is 0.229. The molecule has 4 aromatic carbocycles. The molecule has 1 aromatic heterocycles. The summed E-state index contributed by atoms with van der Waals surface area (Å²) in [6.45, 7) is 6.69. The number of piperidine rings is 1. The van der Waals surface area contributed by atoms with Gasteiger partial charge in [0.1, 0.15) is 5.60 Å². The van der Waals surface area contributed by atoms with Crippen molar-refractivity contribution in [3.63, 3.8) is 0 Å². The molecule has 0 radical (unpaired) electrons. The van der Waals surface area contributed by atoms with Crippen LogP contribution in [0, 0.1) is 0 Å². The highest BCUT2D eigenvalue weighted by Gasteiger charge is 2.58. The van der Waals surface area contributed by atoms with E-state index in [4.69, 9.17) is 9.72 Å². The SMILES string of the molecule is CC(C)(C)OC(=O)N1CCC(O)(C(F)(F)F)CC1c1ccc(N(Cc2ccccc2)Cc2ccccc2)c(N(Cc2ccccc2)Cc2ccccc2)n1. The van der Waals surface area contributed by atoms with Gasteiger partial charge in [0.05, 0.1) is 17.4 Å². The standard InChI is InChI=1S/C44H47F3N4O3/c1-42(2,3)54-41(52)51-27-26-43(53,44(45,46)47)28-39(51)37-24-25-38(49(29-33-16-8-4-9-17-33)30-34-18-10-5-11-19-34)40(48-37)50(31-35-20-12-6-13-21-35)32-36-22-14-7-15-23-36/h4-25,39,53H,26-32H2,1-3H3. The molecule has 0 spiro atoms. The summed E-state index contributed by atoms with van der Waals surface area (Å²) >= 11 is 0. The Labute approximate surface area is 315 Å². The van der Waals surface area contributed by atoms with Crippen LogP contribution in [0.2, 0.25) is 0 Å². The van der Waals surface area contributed by atoms with Crippen molar-refractivity contribution in [1.29, 1.82) is 0 Å². The van der Waals surface area contributed by atoms with E-state index >= 15 is 0 Å². The third-order valence-corrected chi connectivity index (χ3v) is 9.55. The smallest absolute Gasteiger partial charge is 0.417 e. The number of alkyl halides is 3. The second kappa shape index (κ2) is 16.3. The molecular formula is C44H47F3N4O3. The van der Waals surface area contributed by atoms with Crippen molar-refractivity contribution in [3.05, 3.63) is 161 Å². The first-order valence-corrected chi connectivity index (χ1v) is 18.2. The van der Waals surface area contributed by atoms with E-state index in [1.165, 1.54) is 4.90 Å². The highest BCUT2D eigenvalue weighted by molar-refractivity contribution is 5.71. The van der Waals surface area contributed by atoms with Crippen molar-refractivity contribution in [2.75, 3.05) is 16.3 Å². The average Bonchev–Trinajstić information content (AvgIpc) is 3.14. The van der Waals surface area contributed by atoms with Crippen molar-refractivity contribution in [2.24, 2.45) is 0 Å². The summed E-state index contributed by atoms with van der Waals surface area (Å²) in [5, 5.41) is 11.1. The van der Waals surface area contributed by atoms with Crippen LogP contribution in [0.5, 0.6) is 0 Å². The van der Waals surface area contributed by atoms with E-state index in [0.717, 1.165) is 27.9 Å². The highest BCUT2D eigenvalue weighted by Crippen LogP contribution is 2.46. The van der Waals surface area contributed by atoms with Crippen LogP contribution in [0.4, 0.5) is 29.5 Å². The van der Waals surface area contributed by atoms with Gasteiger partial charge in [0.2, 0.25) is 0 Å². The fourth-order valence-corrected chi connectivity index (χ4v) is 6.82. The van der Waals surface area contributed by atoms with Crippen LogP contribution in [0.15, 0.2) is 133 Å². The molecule has 1 fully saturated rings. The van der Waals surface area contributed by atoms with Gasteiger partial charge in [0, 0.05) is 45.6 Å². The molecular weight excluding hydrogens is 690 g/mol. The zero-order chi connectivity index (χ0) is 38.3. The summed E-state index contributed by atoms with van der Waals surface area (Å²) in [6, 6.07) is 42.4. The molecule has 0 bridgehead atoms. The molecule has 0 aliphatic carbocycles. The molecule has 2 unspecified atom stereocenters. The summed E-state index contributed by atoms with van der Waals surface area (Å²) in [5.41, 5.74) is 1.26. The summed E-state index contributed by atoms with van der Waals surface area (Å²) in [4.78, 5) is 24.5. The fourth-order valence-electron chi connectivity index (χ4n) is 6.82. The second-order valence-corrected chi connectivity index (χ2v) is 14.9. The van der Waals surface area contributed by atoms with E-state index in [1.807, 2.05) is 103 Å². The molecule has 1 amide bonds. The molecule has 2 atom stereocenters. The molecule has 10 heteroatoms. The van der Waals surface area contributed by atoms with Crippen LogP contribution in [-0.4, -0.2) is 45.0 Å². The zero-order valence-corrected chi connectivity index (χ0v) is 30.9. The van der Waals surface area contributed by atoms with Crippen molar-refractivity contribution >= 4 is 17.6 Å². The monoisotopic (exact) mass is 736 g/mol. The van der Waals surface area contributed by atoms with Gasteiger partial charge in [-0.25, -0.2) is 9.78 Å². The number of hydrogen-bond donors (Lipinski definition) is 1. The van der Waals surface area contributed by atoms with Crippen LogP contribution in [-0.2, 0) is 30.9 Å². The first-order chi connectivity index (χ1) is 25.8. The van der Waals surface area contributed by atoms with Gasteiger partial charge in [-0.1, -0.05) is 121 Å². The van der Waals surface area contributed by atoms with Gasteiger partial charge < -0.3 is 19.6 Å². The number of aromatic nitrogens is 1. The molecule has 282 valence electrons. The number of carbonyl (C=O) groups is 1. The number of nitrogens with zero attached hydrogens (tertiary/aromatic N) is 4. The van der Waals surface area contributed by atoms with Crippen molar-refractivity contribution in [3.8, 4) is 0 Å². The minimum atomic E-state index is -4.91. The first kappa shape index (κ1) is 38.4. The van der Waals surface area contributed by atoms with Crippen molar-refractivity contribution < 1.29 is 27.8 Å². The van der Waals surface area contributed by atoms with E-state index < -0.39 is 42.4 Å². The number of anilines is 2. The Bertz CT molecular complexity index is 1880. The number of ether oxygens (including phenoxy) is 1. The number of likely N-dealkylation sites (tertiary alicyclic amines) is 1. The van der Waals surface area contributed by atoms with E-state index in [1.54, 1.807) is 26.8 Å². The number of rotatable bonds is 11. The second-order valence-electron chi connectivity index (χ2n) is 14.9. The largest absolute Gasteiger partial charge is 0.444 e. The van der Waals surface area contributed by atoms with Gasteiger partial charge in [-0.2, -0.15) is 13.2 Å². The number of aliphatic hydroxyl groups is 1. The third kappa shape index (κ3) is 9.60. The average molecular weight is 737 g/mol. The Morgan fingerprint density at radius 3 is 1.56 bits per heavy atom. The van der Waals surface area contributed by atoms with E-state index in [0.29, 0.717) is 32.0 Å². The molecule has 6 rings (SSSR count). The van der Waals surface area contributed by atoms with Crippen molar-refractivity contribution in [2.45, 2.75) is 83.2 Å². The lowest BCUT2D eigenvalue weighted by Crippen LogP contribution is -2.56. The molecule has 0 saturated carbocycles. The molecule has 1 N–H and O–H groups in total. The topological polar surface area (TPSA) is 69.1 Å². The summed E-state index contributed by atoms with van der Waals surface area (Å²) in [7, 11) is 0. The quantitative estimate of drug-likeness (QED) is 0.146. The number of hydrogen-bond acceptors (Lipinski definition) is 6. The van der Waals surface area contributed by atoms with Gasteiger partial charge in [-0.05, 0) is 55.2 Å². The summed E-state index contributed by atoms with van der Waals surface area (Å²) in [6.07, 6.45) is -7.13. The number of pyridine rings is 1. The molecule has 2 heterocycles. The maximum absolute atomic E-state index is 14.5. The molecule has 5 aromatic rings. The Hall–Kier alpha value is -5.35. The Balaban J connectivity index is 1.53. The van der Waals surface area contributed by atoms with E-state index in [2.05, 4.69) is 34.1 Å². The van der Waals surface area contributed by atoms with E-state index in [9.17, 15) is 23.1 Å². The third-order valence-electron chi connectivity index (χ3n) is 9.55. The van der Waals surface area contributed by atoms with Gasteiger partial charge >= 0.3 is 12.3 Å². The van der Waals surface area contributed by atoms with Crippen LogP contribution in [0.3, 0.4) is 0 Å². The predicted molar refractivity (Wildman–Crippen MR) is 206 cm³/mol. The van der Waals surface area contributed by atoms with Crippen LogP contribution in [0.1, 0.15) is 67.6 Å². The van der Waals surface area contributed by atoms with Gasteiger partial charge in [-0.15, -0.1) is 0 Å². The van der Waals surface area contributed by atoms with Crippen molar-refractivity contribution in [1.82, 2.24) is 9.88 Å². The molecule has 1 aliphatic heterocycles. The van der Waals surface area contributed by atoms with Crippen LogP contribution < -0.4 is 9.80 Å². The Morgan fingerprint density at radius 2 is 1.15 bits per heavy atom. The number of carbonyl (C=O) groups excluding carboxylic acids is 1. The fraction of sp³-hybridized carbons (Fsp3) is 0.318.